The van der Waals surface area contributed by atoms with Crippen molar-refractivity contribution in [2.75, 3.05) is 24.6 Å². The smallest absolute Gasteiger partial charge is 0.132 e. The Balaban J connectivity index is 1.34. The number of aliphatic hydroxyl groups excluding tert-OH is 1. The average Bonchev–Trinajstić information content (AvgIpc) is 3.46. The van der Waals surface area contributed by atoms with Gasteiger partial charge in [-0.2, -0.15) is 5.10 Å². The minimum Gasteiger partial charge on any atom is -0.396 e. The van der Waals surface area contributed by atoms with Crippen molar-refractivity contribution in [1.82, 2.24) is 30.6 Å². The van der Waals surface area contributed by atoms with Crippen LogP contribution in [0.15, 0.2) is 24.8 Å². The van der Waals surface area contributed by atoms with Gasteiger partial charge in [0.05, 0.1) is 17.9 Å². The summed E-state index contributed by atoms with van der Waals surface area (Å²) in [6.45, 7) is 2.08. The summed E-state index contributed by atoms with van der Waals surface area (Å²) >= 11 is 0. The van der Waals surface area contributed by atoms with Crippen LogP contribution in [-0.2, 0) is 7.05 Å². The molecule has 150 valence electrons. The number of hydrogen-bond donors (Lipinski definition) is 3. The van der Waals surface area contributed by atoms with Crippen LogP contribution in [0.1, 0.15) is 48.9 Å². The molecule has 3 aliphatic rings. The van der Waals surface area contributed by atoms with Crippen molar-refractivity contribution < 1.29 is 5.11 Å². The van der Waals surface area contributed by atoms with Crippen molar-refractivity contribution in [3.8, 4) is 0 Å². The summed E-state index contributed by atoms with van der Waals surface area (Å²) in [5, 5.41) is 13.8. The average molecular weight is 384 g/mol. The molecule has 5 atom stereocenters. The molecule has 28 heavy (non-hydrogen) atoms. The number of hydrazine groups is 1. The van der Waals surface area contributed by atoms with Crippen molar-refractivity contribution >= 4 is 5.82 Å². The van der Waals surface area contributed by atoms with Gasteiger partial charge in [-0.3, -0.25) is 10.1 Å². The fourth-order valence-corrected chi connectivity index (χ4v) is 5.20. The molecule has 2 saturated heterocycles. The molecule has 4 unspecified atom stereocenters. The second-order valence-corrected chi connectivity index (χ2v) is 8.58. The number of aliphatic hydroxyl groups is 1. The van der Waals surface area contributed by atoms with Gasteiger partial charge < -0.3 is 10.0 Å². The fourth-order valence-electron chi connectivity index (χ4n) is 5.20. The number of nitrogens with one attached hydrogen (secondary N) is 2. The highest BCUT2D eigenvalue weighted by Crippen LogP contribution is 2.43. The highest BCUT2D eigenvalue weighted by Gasteiger charge is 2.42. The largest absolute Gasteiger partial charge is 0.396 e. The summed E-state index contributed by atoms with van der Waals surface area (Å²) in [5.41, 5.74) is 9.43. The van der Waals surface area contributed by atoms with E-state index < -0.39 is 0 Å². The SMILES string of the molecule is Cn1cc(C2CCC3NNC(c4cc(N5CC[C@@H](CO)C5)ncn4)C3C2)cn1. The van der Waals surface area contributed by atoms with Gasteiger partial charge in [0.1, 0.15) is 12.1 Å². The molecule has 5 rings (SSSR count). The lowest BCUT2D eigenvalue weighted by atomic mass is 9.73. The van der Waals surface area contributed by atoms with Crippen LogP contribution in [0, 0.1) is 11.8 Å². The molecular formula is C20H29N7O. The summed E-state index contributed by atoms with van der Waals surface area (Å²) in [6, 6.07) is 2.82. The number of nitrogens with zero attached hydrogens (tertiary/aromatic N) is 5. The maximum atomic E-state index is 9.42. The molecule has 2 aliphatic heterocycles. The molecule has 0 aromatic carbocycles. The molecule has 4 heterocycles. The van der Waals surface area contributed by atoms with E-state index in [0.29, 0.717) is 23.8 Å². The van der Waals surface area contributed by atoms with Crippen molar-refractivity contribution in [2.45, 2.75) is 43.7 Å². The van der Waals surface area contributed by atoms with Crippen LogP contribution in [0.5, 0.6) is 0 Å². The number of hydrogen-bond acceptors (Lipinski definition) is 7. The third-order valence-corrected chi connectivity index (χ3v) is 6.81. The van der Waals surface area contributed by atoms with Gasteiger partial charge >= 0.3 is 0 Å². The zero-order valence-electron chi connectivity index (χ0n) is 16.3. The van der Waals surface area contributed by atoms with Crippen molar-refractivity contribution in [3.63, 3.8) is 0 Å². The van der Waals surface area contributed by atoms with E-state index in [0.717, 1.165) is 43.9 Å². The van der Waals surface area contributed by atoms with Crippen LogP contribution in [0.25, 0.3) is 0 Å². The van der Waals surface area contributed by atoms with E-state index in [1.807, 2.05) is 17.9 Å². The van der Waals surface area contributed by atoms with Crippen LogP contribution >= 0.6 is 0 Å². The fraction of sp³-hybridized carbons (Fsp3) is 0.650. The normalized spacial score (nSPS) is 32.6. The molecule has 8 nitrogen and oxygen atoms in total. The molecule has 3 fully saturated rings. The first kappa shape index (κ1) is 18.0. The molecule has 2 aromatic heterocycles. The standard InChI is InChI=1S/C20H29N7O/c1-26-10-15(8-23-26)14-2-3-17-16(6-14)20(25-24-17)18-7-19(22-12-21-18)27-5-4-13(9-27)11-28/h7-8,10,12-14,16-17,20,24-25,28H,2-6,9,11H2,1H3/t13-,14?,16?,17?,20?/m1/s1. The number of rotatable bonds is 4. The summed E-state index contributed by atoms with van der Waals surface area (Å²) in [6.07, 6.45) is 10.4. The van der Waals surface area contributed by atoms with Gasteiger partial charge in [0, 0.05) is 51.0 Å². The number of aryl methyl sites for hydroxylation is 1. The van der Waals surface area contributed by atoms with Gasteiger partial charge in [-0.25, -0.2) is 15.4 Å². The van der Waals surface area contributed by atoms with Gasteiger partial charge in [0.25, 0.3) is 0 Å². The Bertz CT molecular complexity index is 824. The Hall–Kier alpha value is -2.03. The molecule has 1 saturated carbocycles. The lowest BCUT2D eigenvalue weighted by molar-refractivity contribution is 0.238. The molecule has 0 amide bonds. The van der Waals surface area contributed by atoms with E-state index in [9.17, 15) is 5.11 Å². The first-order valence-electron chi connectivity index (χ1n) is 10.4. The monoisotopic (exact) mass is 383 g/mol. The molecule has 3 N–H and O–H groups in total. The zero-order valence-corrected chi connectivity index (χ0v) is 16.3. The topological polar surface area (TPSA) is 91.1 Å². The number of fused-ring (bicyclic) bond motifs is 1. The number of anilines is 1. The predicted molar refractivity (Wildman–Crippen MR) is 106 cm³/mol. The highest BCUT2D eigenvalue weighted by atomic mass is 16.3. The van der Waals surface area contributed by atoms with Gasteiger partial charge in [-0.05, 0) is 43.1 Å². The van der Waals surface area contributed by atoms with Gasteiger partial charge in [0.15, 0.2) is 0 Å². The quantitative estimate of drug-likeness (QED) is 0.729. The van der Waals surface area contributed by atoms with E-state index in [4.69, 9.17) is 0 Å². The Morgan fingerprint density at radius 1 is 1.21 bits per heavy atom. The number of aromatic nitrogens is 4. The predicted octanol–water partition coefficient (Wildman–Crippen LogP) is 1.13. The maximum Gasteiger partial charge on any atom is 0.132 e. The first-order chi connectivity index (χ1) is 13.7. The highest BCUT2D eigenvalue weighted by molar-refractivity contribution is 5.41. The first-order valence-corrected chi connectivity index (χ1v) is 10.4. The maximum absolute atomic E-state index is 9.42. The van der Waals surface area contributed by atoms with Crippen LogP contribution < -0.4 is 15.8 Å². The van der Waals surface area contributed by atoms with Crippen LogP contribution in [0.4, 0.5) is 5.82 Å². The molecule has 2 aromatic rings. The second-order valence-electron chi connectivity index (χ2n) is 8.58. The van der Waals surface area contributed by atoms with Gasteiger partial charge in [-0.15, -0.1) is 0 Å². The lowest BCUT2D eigenvalue weighted by Crippen LogP contribution is -2.34. The third-order valence-electron chi connectivity index (χ3n) is 6.81. The molecule has 0 bridgehead atoms. The van der Waals surface area contributed by atoms with Crippen LogP contribution in [0.3, 0.4) is 0 Å². The summed E-state index contributed by atoms with van der Waals surface area (Å²) in [4.78, 5) is 11.4. The third kappa shape index (κ3) is 3.29. The van der Waals surface area contributed by atoms with E-state index in [1.165, 1.54) is 12.0 Å². The Kier molecular flexibility index (Phi) is 4.78. The molecule has 1 aliphatic carbocycles. The van der Waals surface area contributed by atoms with Crippen molar-refractivity contribution in [2.24, 2.45) is 18.9 Å². The molecule has 0 radical (unpaired) electrons. The Morgan fingerprint density at radius 2 is 2.14 bits per heavy atom. The van der Waals surface area contributed by atoms with Crippen molar-refractivity contribution in [1.29, 1.82) is 0 Å². The molecular weight excluding hydrogens is 354 g/mol. The summed E-state index contributed by atoms with van der Waals surface area (Å²) < 4.78 is 1.90. The van der Waals surface area contributed by atoms with E-state index in [2.05, 4.69) is 43.1 Å². The minimum absolute atomic E-state index is 0.197. The Labute approximate surface area is 165 Å². The van der Waals surface area contributed by atoms with E-state index in [1.54, 1.807) is 6.33 Å². The van der Waals surface area contributed by atoms with Crippen molar-refractivity contribution in [3.05, 3.63) is 36.0 Å². The summed E-state index contributed by atoms with van der Waals surface area (Å²) in [7, 11) is 1.98. The van der Waals surface area contributed by atoms with Gasteiger partial charge in [-0.1, -0.05) is 0 Å². The summed E-state index contributed by atoms with van der Waals surface area (Å²) in [5.74, 6) is 2.40. The van der Waals surface area contributed by atoms with E-state index in [-0.39, 0.29) is 12.6 Å². The van der Waals surface area contributed by atoms with Gasteiger partial charge in [0.2, 0.25) is 0 Å². The lowest BCUT2D eigenvalue weighted by Gasteiger charge is -2.32. The minimum atomic E-state index is 0.197. The molecule has 0 spiro atoms. The zero-order chi connectivity index (χ0) is 19.1. The second kappa shape index (κ2) is 7.42. The Morgan fingerprint density at radius 3 is 2.93 bits per heavy atom. The van der Waals surface area contributed by atoms with Crippen LogP contribution in [0.2, 0.25) is 0 Å². The molecule has 8 heteroatoms. The van der Waals surface area contributed by atoms with E-state index >= 15 is 0 Å². The van der Waals surface area contributed by atoms with Crippen LogP contribution in [-0.4, -0.2) is 50.6 Å².